The number of nitrogens with zero attached hydrogens (tertiary/aromatic N) is 2. The molecule has 6 heteroatoms. The Balaban J connectivity index is 1.61. The van der Waals surface area contributed by atoms with Gasteiger partial charge in [0, 0.05) is 17.4 Å². The molecule has 0 saturated heterocycles. The van der Waals surface area contributed by atoms with Gasteiger partial charge in [0.1, 0.15) is 28.9 Å². The Bertz CT molecular complexity index is 1060. The molecule has 5 nitrogen and oxygen atoms in total. The van der Waals surface area contributed by atoms with Gasteiger partial charge in [0.15, 0.2) is 5.82 Å². The van der Waals surface area contributed by atoms with Crippen molar-refractivity contribution in [1.82, 2.24) is 15.0 Å². The molecule has 2 heterocycles. The van der Waals surface area contributed by atoms with Crippen LogP contribution in [0.15, 0.2) is 48.8 Å². The molecular formula is C20H19FN4O. The Hall–Kier alpha value is -3.15. The fraction of sp³-hybridized carbons (Fsp3) is 0.200. The second-order valence-corrected chi connectivity index (χ2v) is 5.98. The lowest BCUT2D eigenvalue weighted by atomic mass is 10.1. The van der Waals surface area contributed by atoms with Crippen molar-refractivity contribution in [2.45, 2.75) is 13.3 Å². The summed E-state index contributed by atoms with van der Waals surface area (Å²) in [5.74, 6) is 1.34. The molecule has 0 aliphatic heterocycles. The third-order valence-corrected chi connectivity index (χ3v) is 4.31. The summed E-state index contributed by atoms with van der Waals surface area (Å²) >= 11 is 0. The minimum Gasteiger partial charge on any atom is -0.494 e. The first kappa shape index (κ1) is 16.3. The van der Waals surface area contributed by atoms with Gasteiger partial charge >= 0.3 is 0 Å². The number of hydrogen-bond acceptors (Lipinski definition) is 4. The predicted molar refractivity (Wildman–Crippen MR) is 101 cm³/mol. The minimum atomic E-state index is -0.184. The van der Waals surface area contributed by atoms with Crippen LogP contribution in [0.25, 0.3) is 21.9 Å². The van der Waals surface area contributed by atoms with Crippen LogP contribution in [0.3, 0.4) is 0 Å². The standard InChI is InChI=1S/C20H19FN4O/c1-2-26-14-7-8-17-15(11-14)18-19(25-17)20(24-12-23-18)22-10-9-13-5-3-4-6-16(13)21/h3-8,11-12,25H,2,9-10H2,1H3,(H,22,23,24). The Morgan fingerprint density at radius 3 is 2.88 bits per heavy atom. The molecule has 0 bridgehead atoms. The summed E-state index contributed by atoms with van der Waals surface area (Å²) in [6.45, 7) is 3.15. The molecule has 4 aromatic rings. The van der Waals surface area contributed by atoms with Gasteiger partial charge in [0.05, 0.1) is 6.61 Å². The van der Waals surface area contributed by atoms with Gasteiger partial charge in [-0.05, 0) is 43.2 Å². The summed E-state index contributed by atoms with van der Waals surface area (Å²) in [5, 5.41) is 4.28. The normalized spacial score (nSPS) is 11.2. The molecule has 0 radical (unpaired) electrons. The van der Waals surface area contributed by atoms with Gasteiger partial charge in [-0.2, -0.15) is 0 Å². The van der Waals surface area contributed by atoms with Crippen molar-refractivity contribution in [3.63, 3.8) is 0 Å². The summed E-state index contributed by atoms with van der Waals surface area (Å²) in [5.41, 5.74) is 3.33. The van der Waals surface area contributed by atoms with Crippen LogP contribution in [-0.2, 0) is 6.42 Å². The molecular weight excluding hydrogens is 331 g/mol. The van der Waals surface area contributed by atoms with Crippen LogP contribution in [-0.4, -0.2) is 28.1 Å². The van der Waals surface area contributed by atoms with E-state index in [1.165, 1.54) is 12.4 Å². The fourth-order valence-electron chi connectivity index (χ4n) is 3.08. The molecule has 0 atom stereocenters. The molecule has 0 spiro atoms. The summed E-state index contributed by atoms with van der Waals surface area (Å²) in [4.78, 5) is 12.1. The van der Waals surface area contributed by atoms with Crippen molar-refractivity contribution in [3.05, 3.63) is 60.2 Å². The van der Waals surface area contributed by atoms with Crippen LogP contribution in [0.1, 0.15) is 12.5 Å². The van der Waals surface area contributed by atoms with E-state index in [2.05, 4.69) is 20.3 Å². The van der Waals surface area contributed by atoms with Crippen molar-refractivity contribution in [3.8, 4) is 5.75 Å². The first-order chi connectivity index (χ1) is 12.8. The van der Waals surface area contributed by atoms with Crippen LogP contribution < -0.4 is 10.1 Å². The molecule has 2 N–H and O–H groups in total. The molecule has 0 fully saturated rings. The first-order valence-electron chi connectivity index (χ1n) is 8.62. The largest absolute Gasteiger partial charge is 0.494 e. The molecule has 4 rings (SSSR count). The highest BCUT2D eigenvalue weighted by molar-refractivity contribution is 6.08. The number of halogens is 1. The quantitative estimate of drug-likeness (QED) is 0.544. The number of ether oxygens (including phenoxy) is 1. The molecule has 0 amide bonds. The Morgan fingerprint density at radius 1 is 1.15 bits per heavy atom. The topological polar surface area (TPSA) is 62.8 Å². The van der Waals surface area contributed by atoms with Gasteiger partial charge in [-0.1, -0.05) is 18.2 Å². The third kappa shape index (κ3) is 3.06. The predicted octanol–water partition coefficient (Wildman–Crippen LogP) is 4.30. The monoisotopic (exact) mass is 350 g/mol. The highest BCUT2D eigenvalue weighted by Gasteiger charge is 2.11. The van der Waals surface area contributed by atoms with Crippen molar-refractivity contribution >= 4 is 27.8 Å². The molecule has 0 unspecified atom stereocenters. The van der Waals surface area contributed by atoms with E-state index in [0.29, 0.717) is 31.0 Å². The first-order valence-corrected chi connectivity index (χ1v) is 8.62. The average molecular weight is 350 g/mol. The van der Waals surface area contributed by atoms with E-state index in [0.717, 1.165) is 27.7 Å². The number of nitrogens with one attached hydrogen (secondary N) is 2. The summed E-state index contributed by atoms with van der Waals surface area (Å²) in [7, 11) is 0. The Kier molecular flexibility index (Phi) is 4.39. The zero-order chi connectivity index (χ0) is 17.9. The molecule has 0 saturated carbocycles. The Labute approximate surface area is 150 Å². The third-order valence-electron chi connectivity index (χ3n) is 4.31. The van der Waals surface area contributed by atoms with Gasteiger partial charge in [-0.25, -0.2) is 14.4 Å². The lowest BCUT2D eigenvalue weighted by Crippen LogP contribution is -2.08. The van der Waals surface area contributed by atoms with E-state index >= 15 is 0 Å². The van der Waals surface area contributed by atoms with E-state index < -0.39 is 0 Å². The molecule has 2 aromatic heterocycles. The summed E-state index contributed by atoms with van der Waals surface area (Å²) < 4.78 is 19.3. The molecule has 0 aliphatic rings. The number of fused-ring (bicyclic) bond motifs is 3. The zero-order valence-electron chi connectivity index (χ0n) is 14.4. The summed E-state index contributed by atoms with van der Waals surface area (Å²) in [6.07, 6.45) is 2.11. The maximum atomic E-state index is 13.7. The number of aromatic nitrogens is 3. The number of aromatic amines is 1. The SMILES string of the molecule is CCOc1ccc2[nH]c3c(NCCc4ccccc4F)ncnc3c2c1. The van der Waals surface area contributed by atoms with E-state index in [4.69, 9.17) is 4.74 Å². The number of rotatable bonds is 6. The van der Waals surface area contributed by atoms with Crippen LogP contribution in [0.4, 0.5) is 10.2 Å². The number of anilines is 1. The van der Waals surface area contributed by atoms with Gasteiger partial charge in [0.25, 0.3) is 0 Å². The van der Waals surface area contributed by atoms with Crippen LogP contribution in [0.5, 0.6) is 5.75 Å². The maximum Gasteiger partial charge on any atom is 0.153 e. The lowest BCUT2D eigenvalue weighted by molar-refractivity contribution is 0.341. The molecule has 26 heavy (non-hydrogen) atoms. The Morgan fingerprint density at radius 2 is 2.04 bits per heavy atom. The van der Waals surface area contributed by atoms with Crippen LogP contribution in [0.2, 0.25) is 0 Å². The second kappa shape index (κ2) is 7.00. The minimum absolute atomic E-state index is 0.184. The van der Waals surface area contributed by atoms with E-state index in [1.807, 2.05) is 31.2 Å². The lowest BCUT2D eigenvalue weighted by Gasteiger charge is -2.07. The van der Waals surface area contributed by atoms with Crippen molar-refractivity contribution in [2.24, 2.45) is 0 Å². The van der Waals surface area contributed by atoms with Gasteiger partial charge < -0.3 is 15.0 Å². The van der Waals surface area contributed by atoms with Crippen molar-refractivity contribution in [2.75, 3.05) is 18.5 Å². The van der Waals surface area contributed by atoms with Gasteiger partial charge in [-0.15, -0.1) is 0 Å². The van der Waals surface area contributed by atoms with Crippen LogP contribution in [0, 0.1) is 5.82 Å². The smallest absolute Gasteiger partial charge is 0.153 e. The second-order valence-electron chi connectivity index (χ2n) is 5.98. The highest BCUT2D eigenvalue weighted by Crippen LogP contribution is 2.30. The number of benzene rings is 2. The molecule has 0 aliphatic carbocycles. The van der Waals surface area contributed by atoms with E-state index in [9.17, 15) is 4.39 Å². The highest BCUT2D eigenvalue weighted by atomic mass is 19.1. The number of hydrogen-bond donors (Lipinski definition) is 2. The summed E-state index contributed by atoms with van der Waals surface area (Å²) in [6, 6.07) is 12.7. The fourth-order valence-corrected chi connectivity index (χ4v) is 3.08. The van der Waals surface area contributed by atoms with Crippen molar-refractivity contribution < 1.29 is 9.13 Å². The van der Waals surface area contributed by atoms with Gasteiger partial charge in [-0.3, -0.25) is 0 Å². The van der Waals surface area contributed by atoms with Gasteiger partial charge in [0.2, 0.25) is 0 Å². The molecule has 2 aromatic carbocycles. The maximum absolute atomic E-state index is 13.7. The average Bonchev–Trinajstić information content (AvgIpc) is 3.03. The zero-order valence-corrected chi connectivity index (χ0v) is 14.4. The van der Waals surface area contributed by atoms with E-state index in [-0.39, 0.29) is 5.82 Å². The molecule has 132 valence electrons. The van der Waals surface area contributed by atoms with Crippen LogP contribution >= 0.6 is 0 Å². The number of H-pyrrole nitrogens is 1. The van der Waals surface area contributed by atoms with Crippen molar-refractivity contribution in [1.29, 1.82) is 0 Å². The van der Waals surface area contributed by atoms with E-state index in [1.54, 1.807) is 12.1 Å².